The number of carboxylic acid groups (broad SMARTS) is 1. The number of hydrogen-bond donors (Lipinski definition) is 3. The molecule has 2 aromatic heterocycles. The Morgan fingerprint density at radius 3 is 2.79 bits per heavy atom. The first-order valence-electron chi connectivity index (χ1n) is 8.99. The van der Waals surface area contributed by atoms with Gasteiger partial charge in [0, 0.05) is 22.7 Å². The van der Waals surface area contributed by atoms with Gasteiger partial charge in [-0.05, 0) is 54.9 Å². The number of hydrogen-bond acceptors (Lipinski definition) is 3. The van der Waals surface area contributed by atoms with Crippen LogP contribution in [-0.2, 0) is 13.0 Å². The second-order valence-corrected chi connectivity index (χ2v) is 6.96. The van der Waals surface area contributed by atoms with Crippen molar-refractivity contribution >= 4 is 40.9 Å². The number of furan rings is 1. The fourth-order valence-corrected chi connectivity index (χ4v) is 3.45. The van der Waals surface area contributed by atoms with E-state index >= 15 is 0 Å². The van der Waals surface area contributed by atoms with E-state index in [2.05, 4.69) is 28.6 Å². The van der Waals surface area contributed by atoms with Crippen LogP contribution in [0.3, 0.4) is 0 Å². The molecule has 29 heavy (non-hydrogen) atoms. The normalized spacial score (nSPS) is 10.8. The predicted octanol–water partition coefficient (Wildman–Crippen LogP) is 5.53. The average molecular weight is 431 g/mol. The van der Waals surface area contributed by atoms with Crippen molar-refractivity contribution in [3.8, 4) is 11.3 Å². The zero-order chi connectivity index (χ0) is 19.5. The van der Waals surface area contributed by atoms with Crippen LogP contribution in [0.2, 0.25) is 5.02 Å². The third-order valence-corrected chi connectivity index (χ3v) is 5.02. The Balaban J connectivity index is 0.00000240. The molecule has 7 heteroatoms. The highest BCUT2D eigenvalue weighted by atomic mass is 35.5. The molecule has 5 nitrogen and oxygen atoms in total. The molecule has 0 spiro atoms. The number of carboxylic acids is 1. The lowest BCUT2D eigenvalue weighted by atomic mass is 10.1. The summed E-state index contributed by atoms with van der Waals surface area (Å²) in [5.74, 6) is 0.330. The van der Waals surface area contributed by atoms with Gasteiger partial charge in [0.05, 0.1) is 17.1 Å². The van der Waals surface area contributed by atoms with Crippen LogP contribution in [0, 0.1) is 0 Å². The van der Waals surface area contributed by atoms with E-state index in [1.807, 2.05) is 24.3 Å². The summed E-state index contributed by atoms with van der Waals surface area (Å²) in [6.07, 6.45) is 2.96. The molecule has 4 rings (SSSR count). The Kier molecular flexibility index (Phi) is 6.64. The first-order valence-corrected chi connectivity index (χ1v) is 9.37. The second-order valence-electron chi connectivity index (χ2n) is 6.55. The summed E-state index contributed by atoms with van der Waals surface area (Å²) in [4.78, 5) is 14.5. The molecule has 0 bridgehead atoms. The number of H-pyrrole nitrogens is 1. The van der Waals surface area contributed by atoms with Crippen LogP contribution in [0.25, 0.3) is 22.2 Å². The molecule has 0 saturated carbocycles. The molecule has 2 aromatic carbocycles. The smallest absolute Gasteiger partial charge is 0.335 e. The van der Waals surface area contributed by atoms with Crippen LogP contribution in [0.1, 0.15) is 21.7 Å². The van der Waals surface area contributed by atoms with E-state index in [0.717, 1.165) is 24.2 Å². The van der Waals surface area contributed by atoms with Crippen molar-refractivity contribution < 1.29 is 14.3 Å². The maximum Gasteiger partial charge on any atom is 0.335 e. The van der Waals surface area contributed by atoms with Crippen LogP contribution in [0.5, 0.6) is 0 Å². The minimum atomic E-state index is -0.997. The van der Waals surface area contributed by atoms with Crippen LogP contribution in [0.4, 0.5) is 0 Å². The summed E-state index contributed by atoms with van der Waals surface area (Å²) in [6, 6.07) is 16.5. The predicted molar refractivity (Wildman–Crippen MR) is 117 cm³/mol. The Hall–Kier alpha value is -2.73. The largest absolute Gasteiger partial charge is 0.478 e. The molecular formula is C22H20Cl2N2O3. The summed E-state index contributed by atoms with van der Waals surface area (Å²) in [6.45, 7) is 1.39. The number of aromatic amines is 1. The summed E-state index contributed by atoms with van der Waals surface area (Å²) < 4.78 is 5.85. The maximum absolute atomic E-state index is 11.2. The quantitative estimate of drug-likeness (QED) is 0.336. The van der Waals surface area contributed by atoms with Crippen LogP contribution in [-0.4, -0.2) is 22.6 Å². The molecule has 0 atom stereocenters. The minimum Gasteiger partial charge on any atom is -0.478 e. The van der Waals surface area contributed by atoms with E-state index in [0.29, 0.717) is 22.9 Å². The van der Waals surface area contributed by atoms with Gasteiger partial charge < -0.3 is 19.8 Å². The van der Waals surface area contributed by atoms with Gasteiger partial charge in [0.15, 0.2) is 0 Å². The van der Waals surface area contributed by atoms with Gasteiger partial charge in [-0.3, -0.25) is 0 Å². The molecule has 150 valence electrons. The minimum absolute atomic E-state index is 0. The first kappa shape index (κ1) is 21.0. The molecule has 0 fully saturated rings. The summed E-state index contributed by atoms with van der Waals surface area (Å²) >= 11 is 6.20. The van der Waals surface area contributed by atoms with Crippen LogP contribution >= 0.6 is 24.0 Å². The number of benzene rings is 2. The third-order valence-electron chi connectivity index (χ3n) is 4.69. The zero-order valence-corrected chi connectivity index (χ0v) is 17.0. The van der Waals surface area contributed by atoms with Crippen molar-refractivity contribution in [2.45, 2.75) is 13.0 Å². The molecule has 0 unspecified atom stereocenters. The van der Waals surface area contributed by atoms with Crippen molar-refractivity contribution in [2.75, 3.05) is 6.54 Å². The highest BCUT2D eigenvalue weighted by Crippen LogP contribution is 2.30. The fourth-order valence-electron chi connectivity index (χ4n) is 3.24. The average Bonchev–Trinajstić information content (AvgIpc) is 3.33. The topological polar surface area (TPSA) is 78.3 Å². The molecule has 2 heterocycles. The number of rotatable bonds is 7. The molecule has 0 aliphatic carbocycles. The lowest BCUT2D eigenvalue weighted by Gasteiger charge is -2.04. The number of aromatic carboxylic acids is 1. The molecule has 0 aliphatic heterocycles. The van der Waals surface area contributed by atoms with Gasteiger partial charge in [-0.2, -0.15) is 0 Å². The molecular weight excluding hydrogens is 411 g/mol. The monoisotopic (exact) mass is 430 g/mol. The molecule has 4 aromatic rings. The number of aromatic nitrogens is 1. The SMILES string of the molecule is Cl.O=C(O)c1ccc(Cl)c(-c2ccc(CNCCc3c[nH]c4ccccc34)o2)c1. The molecule has 3 N–H and O–H groups in total. The first-order chi connectivity index (χ1) is 13.6. The maximum atomic E-state index is 11.2. The standard InChI is InChI=1S/C22H19ClN2O3.ClH/c23-19-7-5-14(22(26)27)11-18(19)21-8-6-16(28-21)13-24-10-9-15-12-25-20-4-2-1-3-17(15)20;/h1-8,11-12,24-25H,9-10,13H2,(H,26,27);1H. The van der Waals surface area contributed by atoms with E-state index < -0.39 is 5.97 Å². The van der Waals surface area contributed by atoms with Gasteiger partial charge in [-0.1, -0.05) is 29.8 Å². The Morgan fingerprint density at radius 1 is 1.14 bits per heavy atom. The number of carbonyl (C=O) groups is 1. The Bertz CT molecular complexity index is 1130. The molecule has 0 aliphatic rings. The van der Waals surface area contributed by atoms with Crippen LogP contribution in [0.15, 0.2) is 65.2 Å². The number of halogens is 2. The molecule has 0 radical (unpaired) electrons. The number of para-hydroxylation sites is 1. The van der Waals surface area contributed by atoms with Gasteiger partial charge in [-0.25, -0.2) is 4.79 Å². The third kappa shape index (κ3) is 4.65. The van der Waals surface area contributed by atoms with E-state index in [1.165, 1.54) is 23.1 Å². The summed E-state index contributed by atoms with van der Waals surface area (Å²) in [5, 5.41) is 14.2. The highest BCUT2D eigenvalue weighted by Gasteiger charge is 2.12. The molecule has 0 amide bonds. The van der Waals surface area contributed by atoms with Crippen molar-refractivity contribution in [1.29, 1.82) is 0 Å². The fraction of sp³-hybridized carbons (Fsp3) is 0.136. The number of fused-ring (bicyclic) bond motifs is 1. The van der Waals surface area contributed by atoms with Gasteiger partial charge in [0.1, 0.15) is 11.5 Å². The lowest BCUT2D eigenvalue weighted by Crippen LogP contribution is -2.16. The van der Waals surface area contributed by atoms with Crippen molar-refractivity contribution in [3.05, 3.63) is 82.7 Å². The summed E-state index contributed by atoms with van der Waals surface area (Å²) in [5.41, 5.74) is 3.18. The Labute approximate surface area is 179 Å². The Morgan fingerprint density at radius 2 is 1.97 bits per heavy atom. The number of nitrogens with one attached hydrogen (secondary N) is 2. The van der Waals surface area contributed by atoms with Crippen molar-refractivity contribution in [2.24, 2.45) is 0 Å². The van der Waals surface area contributed by atoms with E-state index in [9.17, 15) is 4.79 Å². The van der Waals surface area contributed by atoms with Gasteiger partial charge in [0.2, 0.25) is 0 Å². The van der Waals surface area contributed by atoms with Gasteiger partial charge >= 0.3 is 5.97 Å². The van der Waals surface area contributed by atoms with E-state index in [-0.39, 0.29) is 18.0 Å². The van der Waals surface area contributed by atoms with Crippen molar-refractivity contribution in [1.82, 2.24) is 10.3 Å². The highest BCUT2D eigenvalue weighted by molar-refractivity contribution is 6.33. The molecule has 0 saturated heterocycles. The lowest BCUT2D eigenvalue weighted by molar-refractivity contribution is 0.0697. The summed E-state index contributed by atoms with van der Waals surface area (Å²) in [7, 11) is 0. The van der Waals surface area contributed by atoms with Gasteiger partial charge in [0.25, 0.3) is 0 Å². The zero-order valence-electron chi connectivity index (χ0n) is 15.4. The van der Waals surface area contributed by atoms with E-state index in [1.54, 1.807) is 6.07 Å². The van der Waals surface area contributed by atoms with E-state index in [4.69, 9.17) is 21.1 Å². The van der Waals surface area contributed by atoms with Crippen LogP contribution < -0.4 is 5.32 Å². The van der Waals surface area contributed by atoms with Gasteiger partial charge in [-0.15, -0.1) is 12.4 Å². The van der Waals surface area contributed by atoms with Crippen molar-refractivity contribution in [3.63, 3.8) is 0 Å². The second kappa shape index (κ2) is 9.18.